The van der Waals surface area contributed by atoms with Crippen LogP contribution in [0.5, 0.6) is 0 Å². The number of carboxylic acid groups (broad SMARTS) is 1. The van der Waals surface area contributed by atoms with Gasteiger partial charge in [-0.3, -0.25) is 9.59 Å². The lowest BCUT2D eigenvalue weighted by Crippen LogP contribution is -2.72. The molecular weight excluding hydrogens is 330 g/mol. The van der Waals surface area contributed by atoms with Crippen LogP contribution in [0.3, 0.4) is 0 Å². The zero-order chi connectivity index (χ0) is 18.8. The molecule has 11 heteroatoms. The normalized spacial score (nSPS) is 35.8. The standard InChI is InChI=1S/C13H21NO10/c1-4(16)7-10(20)8(14-5(2)17)11(9(19)6(18)3-15)24-13(7,23)12(21)22/h6-11,15,18-20,23H,3H2,1-2H3,(H,14,17)(H,21,22)/t6-,7?,8-,9-,10+,11-,13+/m1/s1. The number of carbonyl (C=O) groups is 3. The molecule has 1 unspecified atom stereocenters. The molecule has 138 valence electrons. The summed E-state index contributed by atoms with van der Waals surface area (Å²) in [4.78, 5) is 34.4. The number of aliphatic hydroxyl groups excluding tert-OH is 4. The number of carbonyl (C=O) groups excluding carboxylic acids is 2. The highest BCUT2D eigenvalue weighted by molar-refractivity contribution is 5.88. The third-order valence-corrected chi connectivity index (χ3v) is 3.83. The summed E-state index contributed by atoms with van der Waals surface area (Å²) >= 11 is 0. The number of Topliss-reactive ketones (excluding diaryl/α,β-unsaturated/α-hetero) is 1. The van der Waals surface area contributed by atoms with Gasteiger partial charge in [0.25, 0.3) is 5.79 Å². The number of hydrogen-bond donors (Lipinski definition) is 7. The SMILES string of the molecule is CC(=O)N[C@H]1[C@H]([C@H](O)[C@H](O)CO)O[C@](O)(C(=O)O)C(C(C)=O)[C@@H]1O. The zero-order valence-electron chi connectivity index (χ0n) is 13.0. The first-order chi connectivity index (χ1) is 11.0. The van der Waals surface area contributed by atoms with Gasteiger partial charge in [-0.05, 0) is 6.92 Å². The van der Waals surface area contributed by atoms with Crippen molar-refractivity contribution >= 4 is 17.7 Å². The molecule has 1 amide bonds. The minimum Gasteiger partial charge on any atom is -0.477 e. The van der Waals surface area contributed by atoms with Crippen LogP contribution in [0.25, 0.3) is 0 Å². The molecule has 0 saturated carbocycles. The molecule has 24 heavy (non-hydrogen) atoms. The largest absolute Gasteiger partial charge is 0.477 e. The molecule has 1 fully saturated rings. The topological polar surface area (TPSA) is 194 Å². The number of aliphatic carboxylic acids is 1. The Balaban J connectivity index is 3.36. The monoisotopic (exact) mass is 351 g/mol. The summed E-state index contributed by atoms with van der Waals surface area (Å²) < 4.78 is 4.92. The minimum atomic E-state index is -3.19. The maximum Gasteiger partial charge on any atom is 0.365 e. The number of ether oxygens (including phenoxy) is 1. The first kappa shape index (κ1) is 20.4. The molecule has 1 rings (SSSR count). The minimum absolute atomic E-state index is 0.707. The van der Waals surface area contributed by atoms with E-state index in [1.807, 2.05) is 0 Å². The Morgan fingerprint density at radius 3 is 2.17 bits per heavy atom. The van der Waals surface area contributed by atoms with Gasteiger partial charge in [-0.1, -0.05) is 0 Å². The van der Waals surface area contributed by atoms with Gasteiger partial charge < -0.3 is 40.7 Å². The number of ketones is 1. The molecule has 1 aliphatic rings. The Hall–Kier alpha value is -1.63. The third-order valence-electron chi connectivity index (χ3n) is 3.83. The highest BCUT2D eigenvalue weighted by Crippen LogP contribution is 2.36. The first-order valence-electron chi connectivity index (χ1n) is 7.03. The summed E-state index contributed by atoms with van der Waals surface area (Å²) in [5.41, 5.74) is 0. The van der Waals surface area contributed by atoms with E-state index in [1.165, 1.54) is 0 Å². The van der Waals surface area contributed by atoms with Crippen molar-refractivity contribution in [3.05, 3.63) is 0 Å². The molecule has 7 atom stereocenters. The number of carboxylic acids is 1. The van der Waals surface area contributed by atoms with Gasteiger partial charge in [-0.2, -0.15) is 0 Å². The first-order valence-corrected chi connectivity index (χ1v) is 7.03. The number of rotatable bonds is 6. The molecule has 0 aromatic rings. The van der Waals surface area contributed by atoms with Crippen LogP contribution in [0, 0.1) is 5.92 Å². The average molecular weight is 351 g/mol. The van der Waals surface area contributed by atoms with Crippen molar-refractivity contribution in [2.45, 2.75) is 50.1 Å². The van der Waals surface area contributed by atoms with E-state index in [9.17, 15) is 39.9 Å². The summed E-state index contributed by atoms with van der Waals surface area (Å²) in [6.07, 6.45) is -7.54. The van der Waals surface area contributed by atoms with Crippen LogP contribution >= 0.6 is 0 Å². The van der Waals surface area contributed by atoms with Gasteiger partial charge in [-0.25, -0.2) is 4.79 Å². The van der Waals surface area contributed by atoms with Crippen molar-refractivity contribution in [3.8, 4) is 0 Å². The van der Waals surface area contributed by atoms with E-state index in [-0.39, 0.29) is 0 Å². The van der Waals surface area contributed by atoms with Crippen LogP contribution < -0.4 is 5.32 Å². The van der Waals surface area contributed by atoms with E-state index in [0.717, 1.165) is 13.8 Å². The zero-order valence-corrected chi connectivity index (χ0v) is 13.0. The molecule has 0 aromatic heterocycles. The lowest BCUT2D eigenvalue weighted by Gasteiger charge is -2.48. The number of amides is 1. The van der Waals surface area contributed by atoms with Crippen LogP contribution in [0.2, 0.25) is 0 Å². The molecule has 0 bridgehead atoms. The summed E-state index contributed by atoms with van der Waals surface area (Å²) in [7, 11) is 0. The van der Waals surface area contributed by atoms with Crippen molar-refractivity contribution in [1.82, 2.24) is 5.32 Å². The quantitative estimate of drug-likeness (QED) is 0.247. The van der Waals surface area contributed by atoms with E-state index in [2.05, 4.69) is 5.32 Å². The highest BCUT2D eigenvalue weighted by Gasteiger charge is 2.61. The summed E-state index contributed by atoms with van der Waals surface area (Å²) in [5.74, 6) is -8.79. The van der Waals surface area contributed by atoms with Gasteiger partial charge in [0.1, 0.15) is 30.0 Å². The third kappa shape index (κ3) is 3.71. The van der Waals surface area contributed by atoms with Gasteiger partial charge in [0, 0.05) is 6.92 Å². The molecule has 0 aliphatic carbocycles. The number of hydrogen-bond acceptors (Lipinski definition) is 9. The molecule has 1 saturated heterocycles. The smallest absolute Gasteiger partial charge is 0.365 e. The highest BCUT2D eigenvalue weighted by atomic mass is 16.7. The van der Waals surface area contributed by atoms with E-state index in [1.54, 1.807) is 0 Å². The Bertz CT molecular complexity index is 511. The Kier molecular flexibility index (Phi) is 6.38. The van der Waals surface area contributed by atoms with Crippen LogP contribution in [-0.2, 0) is 19.1 Å². The fourth-order valence-corrected chi connectivity index (χ4v) is 2.70. The van der Waals surface area contributed by atoms with Gasteiger partial charge in [0.05, 0.1) is 18.8 Å². The van der Waals surface area contributed by atoms with Gasteiger partial charge in [-0.15, -0.1) is 0 Å². The van der Waals surface area contributed by atoms with E-state index in [0.29, 0.717) is 0 Å². The van der Waals surface area contributed by atoms with Gasteiger partial charge in [0.15, 0.2) is 0 Å². The second kappa shape index (κ2) is 7.51. The maximum atomic E-state index is 11.7. The Morgan fingerprint density at radius 2 is 1.79 bits per heavy atom. The Labute approximate surface area is 136 Å². The fourth-order valence-electron chi connectivity index (χ4n) is 2.70. The predicted molar refractivity (Wildman–Crippen MR) is 74.3 cm³/mol. The van der Waals surface area contributed by atoms with Crippen LogP contribution in [0.15, 0.2) is 0 Å². The van der Waals surface area contributed by atoms with Crippen molar-refractivity contribution in [1.29, 1.82) is 0 Å². The lowest BCUT2D eigenvalue weighted by molar-refractivity contribution is -0.313. The van der Waals surface area contributed by atoms with E-state index < -0.39 is 66.4 Å². The fraction of sp³-hybridized carbons (Fsp3) is 0.769. The number of aliphatic hydroxyl groups is 5. The summed E-state index contributed by atoms with van der Waals surface area (Å²) in [6.45, 7) is 1.03. The molecule has 1 heterocycles. The summed E-state index contributed by atoms with van der Waals surface area (Å²) in [6, 6.07) is -1.52. The molecule has 0 aromatic carbocycles. The maximum absolute atomic E-state index is 11.7. The van der Waals surface area contributed by atoms with Crippen molar-refractivity contribution < 1.29 is 49.8 Å². The lowest BCUT2D eigenvalue weighted by atomic mass is 9.78. The average Bonchev–Trinajstić information content (AvgIpc) is 2.47. The predicted octanol–water partition coefficient (Wildman–Crippen LogP) is -4.06. The van der Waals surface area contributed by atoms with Gasteiger partial charge in [0.2, 0.25) is 5.91 Å². The van der Waals surface area contributed by atoms with Crippen molar-refractivity contribution in [3.63, 3.8) is 0 Å². The molecule has 11 nitrogen and oxygen atoms in total. The van der Waals surface area contributed by atoms with E-state index >= 15 is 0 Å². The van der Waals surface area contributed by atoms with Crippen LogP contribution in [0.1, 0.15) is 13.8 Å². The summed E-state index contributed by atoms with van der Waals surface area (Å²) in [5, 5.41) is 60.3. The van der Waals surface area contributed by atoms with E-state index in [4.69, 9.17) is 9.84 Å². The van der Waals surface area contributed by atoms with Gasteiger partial charge >= 0.3 is 5.97 Å². The van der Waals surface area contributed by atoms with Crippen molar-refractivity contribution in [2.24, 2.45) is 5.92 Å². The second-order valence-corrected chi connectivity index (χ2v) is 5.63. The van der Waals surface area contributed by atoms with Crippen LogP contribution in [0.4, 0.5) is 0 Å². The molecular formula is C13H21NO10. The van der Waals surface area contributed by atoms with Crippen LogP contribution in [-0.4, -0.2) is 91.2 Å². The number of nitrogens with one attached hydrogen (secondary N) is 1. The molecule has 0 radical (unpaired) electrons. The molecule has 1 aliphatic heterocycles. The second-order valence-electron chi connectivity index (χ2n) is 5.63. The molecule has 7 N–H and O–H groups in total. The van der Waals surface area contributed by atoms with Crippen molar-refractivity contribution in [2.75, 3.05) is 6.61 Å². The Morgan fingerprint density at radius 1 is 1.25 bits per heavy atom. The molecule has 0 spiro atoms.